The Labute approximate surface area is 400 Å². The van der Waals surface area contributed by atoms with Crippen molar-refractivity contribution < 1.29 is 9.85 Å². The lowest BCUT2D eigenvalue weighted by Crippen LogP contribution is -2.23. The summed E-state index contributed by atoms with van der Waals surface area (Å²) in [6, 6.07) is 56.9. The Kier molecular flexibility index (Phi) is 14.4. The Morgan fingerprint density at radius 3 is 1.00 bits per heavy atom. The molecule has 0 heterocycles. The van der Waals surface area contributed by atoms with Gasteiger partial charge in [-0.3, -0.25) is 20.2 Å². The Bertz CT molecular complexity index is 2700. The number of anilines is 2. The maximum atomic E-state index is 11.8. The van der Waals surface area contributed by atoms with Crippen molar-refractivity contribution in [2.45, 2.75) is 36.0 Å². The van der Waals surface area contributed by atoms with Crippen LogP contribution in [0.15, 0.2) is 192 Å². The molecule has 65 heavy (non-hydrogen) atoms. The van der Waals surface area contributed by atoms with E-state index in [2.05, 4.69) is 58.3 Å². The summed E-state index contributed by atoms with van der Waals surface area (Å²) < 4.78 is 0. The van der Waals surface area contributed by atoms with Gasteiger partial charge in [0, 0.05) is 93.9 Å². The SMILES string of the molecule is O=[N+]([O-])c1ccc(-c2c(N(Cc3ccccc3)Cc3ccccc3)ccc(Sc3ccc(N(Cc4ccccc4)Cc4ccccc4)c(-c4ccc([N+](=O)[O-])cc4Cl)c3Cl)c2Cl)c(Cl)c1. The second-order valence-electron chi connectivity index (χ2n) is 15.1. The van der Waals surface area contributed by atoms with Gasteiger partial charge in [0.05, 0.1) is 29.9 Å². The van der Waals surface area contributed by atoms with Gasteiger partial charge in [-0.05, 0) is 58.7 Å². The van der Waals surface area contributed by atoms with Gasteiger partial charge >= 0.3 is 0 Å². The van der Waals surface area contributed by atoms with Gasteiger partial charge in [-0.1, -0.05) is 179 Å². The molecule has 8 aromatic rings. The van der Waals surface area contributed by atoms with Crippen molar-refractivity contribution in [3.63, 3.8) is 0 Å². The van der Waals surface area contributed by atoms with E-state index in [1.54, 1.807) is 12.1 Å². The minimum absolute atomic E-state index is 0.148. The van der Waals surface area contributed by atoms with Crippen LogP contribution in [-0.4, -0.2) is 9.85 Å². The van der Waals surface area contributed by atoms with Crippen LogP contribution in [0, 0.1) is 20.2 Å². The fourth-order valence-corrected chi connectivity index (χ4v) is 9.90. The first-order valence-electron chi connectivity index (χ1n) is 20.4. The highest BCUT2D eigenvalue weighted by atomic mass is 35.5. The van der Waals surface area contributed by atoms with Crippen LogP contribution in [0.5, 0.6) is 0 Å². The highest BCUT2D eigenvalue weighted by Crippen LogP contribution is 2.51. The number of non-ortho nitro benzene ring substituents is 2. The molecule has 0 aliphatic heterocycles. The number of hydrogen-bond donors (Lipinski definition) is 0. The van der Waals surface area contributed by atoms with E-state index in [1.807, 2.05) is 97.1 Å². The molecule has 0 saturated heterocycles. The van der Waals surface area contributed by atoms with Crippen LogP contribution in [0.4, 0.5) is 22.7 Å². The van der Waals surface area contributed by atoms with Crippen LogP contribution in [0.3, 0.4) is 0 Å². The number of nitro groups is 2. The lowest BCUT2D eigenvalue weighted by molar-refractivity contribution is -0.385. The van der Waals surface area contributed by atoms with Gasteiger partial charge in [0.25, 0.3) is 11.4 Å². The smallest absolute Gasteiger partial charge is 0.270 e. The van der Waals surface area contributed by atoms with E-state index >= 15 is 0 Å². The van der Waals surface area contributed by atoms with Crippen LogP contribution in [0.25, 0.3) is 22.3 Å². The molecule has 8 nitrogen and oxygen atoms in total. The zero-order valence-electron chi connectivity index (χ0n) is 34.5. The highest BCUT2D eigenvalue weighted by Gasteiger charge is 2.26. The molecule has 0 unspecified atom stereocenters. The van der Waals surface area contributed by atoms with Gasteiger partial charge in [-0.25, -0.2) is 0 Å². The Morgan fingerprint density at radius 2 is 0.723 bits per heavy atom. The van der Waals surface area contributed by atoms with E-state index in [-0.39, 0.29) is 21.4 Å². The molecule has 0 aromatic heterocycles. The molecule has 0 atom stereocenters. The van der Waals surface area contributed by atoms with Crippen LogP contribution in [0.2, 0.25) is 20.1 Å². The molecule has 0 amide bonds. The predicted molar refractivity (Wildman–Crippen MR) is 267 cm³/mol. The summed E-state index contributed by atoms with van der Waals surface area (Å²) >= 11 is 30.4. The van der Waals surface area contributed by atoms with Crippen molar-refractivity contribution >= 4 is 80.9 Å². The van der Waals surface area contributed by atoms with Gasteiger partial charge < -0.3 is 9.80 Å². The topological polar surface area (TPSA) is 92.8 Å². The molecule has 0 bridgehead atoms. The third-order valence-corrected chi connectivity index (χ3v) is 13.6. The second kappa shape index (κ2) is 20.7. The lowest BCUT2D eigenvalue weighted by Gasteiger charge is -2.30. The average Bonchev–Trinajstić information content (AvgIpc) is 3.31. The Morgan fingerprint density at radius 1 is 0.415 bits per heavy atom. The average molecular weight is 957 g/mol. The highest BCUT2D eigenvalue weighted by molar-refractivity contribution is 7.99. The molecule has 8 rings (SSSR count). The molecular formula is C52H38Cl4N4O4S. The monoisotopic (exact) mass is 954 g/mol. The first-order valence-corrected chi connectivity index (χ1v) is 22.7. The molecule has 324 valence electrons. The van der Waals surface area contributed by atoms with Gasteiger partial charge in [0.2, 0.25) is 0 Å². The van der Waals surface area contributed by atoms with E-state index in [9.17, 15) is 20.2 Å². The van der Waals surface area contributed by atoms with Gasteiger partial charge in [-0.15, -0.1) is 0 Å². The molecule has 0 N–H and O–H groups in total. The summed E-state index contributed by atoms with van der Waals surface area (Å²) in [5, 5.41) is 24.7. The van der Waals surface area contributed by atoms with E-state index in [4.69, 9.17) is 46.4 Å². The minimum Gasteiger partial charge on any atom is -0.362 e. The molecule has 0 saturated carbocycles. The number of nitro benzene ring substituents is 2. The molecule has 0 aliphatic rings. The van der Waals surface area contributed by atoms with Crippen LogP contribution in [0.1, 0.15) is 22.3 Å². The third kappa shape index (κ3) is 10.6. The zero-order chi connectivity index (χ0) is 45.5. The van der Waals surface area contributed by atoms with Crippen molar-refractivity contribution in [2.75, 3.05) is 9.80 Å². The van der Waals surface area contributed by atoms with Crippen LogP contribution in [-0.2, 0) is 26.2 Å². The van der Waals surface area contributed by atoms with Crippen molar-refractivity contribution in [3.8, 4) is 22.3 Å². The third-order valence-electron chi connectivity index (χ3n) is 10.8. The maximum Gasteiger partial charge on any atom is 0.270 e. The molecule has 0 radical (unpaired) electrons. The van der Waals surface area contributed by atoms with Crippen molar-refractivity contribution in [1.82, 2.24) is 0 Å². The standard InChI is InChI=1S/C52H38Cl4N4O4S/c53-43-29-39(59(61)62)21-23-41(43)49-45(57(31-35-13-5-1-6-14-35)32-36-15-7-2-8-16-36)25-27-47(51(49)55)65-48-28-26-46(50(52(48)56)42-24-22-40(60(63)64)30-44(42)54)58(33-37-17-9-3-10-18-37)34-38-19-11-4-12-20-38/h1-30H,31-34H2. The van der Waals surface area contributed by atoms with Gasteiger partial charge in [-0.2, -0.15) is 0 Å². The van der Waals surface area contributed by atoms with Crippen molar-refractivity contribution in [1.29, 1.82) is 0 Å². The van der Waals surface area contributed by atoms with Gasteiger partial charge in [0.15, 0.2) is 0 Å². The lowest BCUT2D eigenvalue weighted by atomic mass is 10.0. The molecule has 8 aromatic carbocycles. The Hall–Kier alpha value is -6.33. The van der Waals surface area contributed by atoms with Gasteiger partial charge in [0.1, 0.15) is 0 Å². The summed E-state index contributed by atoms with van der Waals surface area (Å²) in [5.74, 6) is 0. The fraction of sp³-hybridized carbons (Fsp3) is 0.0769. The van der Waals surface area contributed by atoms with E-state index in [1.165, 1.54) is 36.0 Å². The van der Waals surface area contributed by atoms with E-state index in [0.29, 0.717) is 68.3 Å². The van der Waals surface area contributed by atoms with Crippen LogP contribution < -0.4 is 9.80 Å². The Balaban J connectivity index is 1.29. The molecule has 0 aliphatic carbocycles. The molecule has 0 spiro atoms. The largest absolute Gasteiger partial charge is 0.362 e. The zero-order valence-corrected chi connectivity index (χ0v) is 38.3. The molecule has 13 heteroatoms. The fourth-order valence-electron chi connectivity index (χ4n) is 7.72. The number of hydrogen-bond acceptors (Lipinski definition) is 7. The number of rotatable bonds is 16. The van der Waals surface area contributed by atoms with Crippen molar-refractivity contribution in [3.05, 3.63) is 245 Å². The minimum atomic E-state index is -0.483. The van der Waals surface area contributed by atoms with Crippen molar-refractivity contribution in [2.24, 2.45) is 0 Å². The van der Waals surface area contributed by atoms with Crippen LogP contribution >= 0.6 is 58.2 Å². The first kappa shape index (κ1) is 45.2. The number of benzene rings is 8. The second-order valence-corrected chi connectivity index (χ2v) is 17.8. The maximum absolute atomic E-state index is 11.8. The summed E-state index contributed by atoms with van der Waals surface area (Å²) in [4.78, 5) is 28.4. The normalized spacial score (nSPS) is 11.0. The summed E-state index contributed by atoms with van der Waals surface area (Å²) in [6.45, 7) is 2.08. The molecular weight excluding hydrogens is 918 g/mol. The molecule has 0 fully saturated rings. The summed E-state index contributed by atoms with van der Waals surface area (Å²) in [5.41, 5.74) is 7.71. The van der Waals surface area contributed by atoms with E-state index < -0.39 is 9.85 Å². The summed E-state index contributed by atoms with van der Waals surface area (Å²) in [6.07, 6.45) is 0. The summed E-state index contributed by atoms with van der Waals surface area (Å²) in [7, 11) is 0. The predicted octanol–water partition coefficient (Wildman–Crippen LogP) is 16.0. The number of nitrogens with zero attached hydrogens (tertiary/aromatic N) is 4. The number of halogens is 4. The first-order chi connectivity index (χ1) is 31.5. The quantitative estimate of drug-likeness (QED) is 0.0703. The van der Waals surface area contributed by atoms with E-state index in [0.717, 1.165) is 33.6 Å².